The first-order valence-electron chi connectivity index (χ1n) is 10.2. The lowest BCUT2D eigenvalue weighted by Gasteiger charge is -2.22. The van der Waals surface area contributed by atoms with Gasteiger partial charge in [-0.25, -0.2) is 4.79 Å². The van der Waals surface area contributed by atoms with Gasteiger partial charge >= 0.3 is 5.97 Å². The van der Waals surface area contributed by atoms with Crippen LogP contribution in [-0.2, 0) is 9.53 Å². The lowest BCUT2D eigenvalue weighted by atomic mass is 10.1. The number of benzene rings is 2. The fourth-order valence-electron chi connectivity index (χ4n) is 3.18. The predicted octanol–water partition coefficient (Wildman–Crippen LogP) is 2.91. The van der Waals surface area contributed by atoms with Crippen LogP contribution >= 0.6 is 0 Å². The van der Waals surface area contributed by atoms with Crippen molar-refractivity contribution < 1.29 is 38.0 Å². The van der Waals surface area contributed by atoms with Gasteiger partial charge in [-0.1, -0.05) is 6.07 Å². The Labute approximate surface area is 186 Å². The van der Waals surface area contributed by atoms with Crippen LogP contribution < -0.4 is 29.0 Å². The lowest BCUT2D eigenvalue weighted by Crippen LogP contribution is -2.27. The van der Waals surface area contributed by atoms with Gasteiger partial charge in [0.1, 0.15) is 13.2 Å². The van der Waals surface area contributed by atoms with Gasteiger partial charge in [-0.05, 0) is 43.7 Å². The smallest absolute Gasteiger partial charge is 0.344 e. The lowest BCUT2D eigenvalue weighted by molar-refractivity contribution is -0.145. The average molecular weight is 445 g/mol. The van der Waals surface area contributed by atoms with Crippen LogP contribution in [0.15, 0.2) is 30.3 Å². The van der Waals surface area contributed by atoms with Crippen molar-refractivity contribution in [2.45, 2.75) is 19.9 Å². The SMILES string of the molecule is CCOC(=O)COc1ccc([C@@H](C)NC(=O)c2cc(OC)c3c(c2)OCCO3)cc1OC. The summed E-state index contributed by atoms with van der Waals surface area (Å²) in [4.78, 5) is 24.4. The average Bonchev–Trinajstić information content (AvgIpc) is 2.81. The van der Waals surface area contributed by atoms with Crippen molar-refractivity contribution in [2.75, 3.05) is 40.6 Å². The Morgan fingerprint density at radius 3 is 2.50 bits per heavy atom. The highest BCUT2D eigenvalue weighted by molar-refractivity contribution is 5.96. The quantitative estimate of drug-likeness (QED) is 0.588. The van der Waals surface area contributed by atoms with E-state index in [-0.39, 0.29) is 25.2 Å². The normalized spacial score (nSPS) is 13.0. The van der Waals surface area contributed by atoms with Crippen molar-refractivity contribution in [3.05, 3.63) is 41.5 Å². The molecule has 1 aliphatic heterocycles. The minimum absolute atomic E-state index is 0.220. The van der Waals surface area contributed by atoms with Gasteiger partial charge in [0.25, 0.3) is 5.91 Å². The zero-order valence-corrected chi connectivity index (χ0v) is 18.6. The Morgan fingerprint density at radius 2 is 1.78 bits per heavy atom. The number of ether oxygens (including phenoxy) is 6. The highest BCUT2D eigenvalue weighted by atomic mass is 16.6. The number of amides is 1. The van der Waals surface area contributed by atoms with E-state index in [2.05, 4.69) is 5.32 Å². The largest absolute Gasteiger partial charge is 0.493 e. The molecule has 2 aromatic rings. The molecule has 0 saturated heterocycles. The summed E-state index contributed by atoms with van der Waals surface area (Å²) in [7, 11) is 3.01. The molecule has 9 nitrogen and oxygen atoms in total. The van der Waals surface area contributed by atoms with E-state index in [1.807, 2.05) is 6.92 Å². The third-order valence-electron chi connectivity index (χ3n) is 4.78. The molecule has 1 aliphatic rings. The summed E-state index contributed by atoms with van der Waals surface area (Å²) in [5.74, 6) is 1.48. The summed E-state index contributed by atoms with van der Waals surface area (Å²) >= 11 is 0. The molecule has 0 aliphatic carbocycles. The summed E-state index contributed by atoms with van der Waals surface area (Å²) in [5.41, 5.74) is 1.18. The zero-order chi connectivity index (χ0) is 23.1. The van der Waals surface area contributed by atoms with Crippen molar-refractivity contribution in [2.24, 2.45) is 0 Å². The molecule has 0 spiro atoms. The molecular weight excluding hydrogens is 418 g/mol. The van der Waals surface area contributed by atoms with Gasteiger partial charge in [-0.2, -0.15) is 0 Å². The van der Waals surface area contributed by atoms with E-state index in [4.69, 9.17) is 28.4 Å². The van der Waals surface area contributed by atoms with Crippen LogP contribution in [0.2, 0.25) is 0 Å². The minimum Gasteiger partial charge on any atom is -0.493 e. The second kappa shape index (κ2) is 10.6. The van der Waals surface area contributed by atoms with Crippen molar-refractivity contribution >= 4 is 11.9 Å². The Kier molecular flexibility index (Phi) is 7.64. The van der Waals surface area contributed by atoms with Gasteiger partial charge in [0, 0.05) is 5.56 Å². The zero-order valence-electron chi connectivity index (χ0n) is 18.6. The van der Waals surface area contributed by atoms with E-state index in [0.29, 0.717) is 47.5 Å². The second-order valence-corrected chi connectivity index (χ2v) is 6.90. The maximum absolute atomic E-state index is 12.9. The molecular formula is C23H27NO8. The third-order valence-corrected chi connectivity index (χ3v) is 4.78. The number of carbonyl (C=O) groups excluding carboxylic acids is 2. The van der Waals surface area contributed by atoms with E-state index in [1.165, 1.54) is 14.2 Å². The minimum atomic E-state index is -0.464. The topological polar surface area (TPSA) is 102 Å². The van der Waals surface area contributed by atoms with Crippen molar-refractivity contribution in [3.63, 3.8) is 0 Å². The summed E-state index contributed by atoms with van der Waals surface area (Å²) in [6.07, 6.45) is 0. The number of rotatable bonds is 9. The van der Waals surface area contributed by atoms with Crippen LogP contribution in [0.4, 0.5) is 0 Å². The number of esters is 1. The van der Waals surface area contributed by atoms with Crippen LogP contribution in [0, 0.1) is 0 Å². The first-order valence-corrected chi connectivity index (χ1v) is 10.2. The molecule has 1 N–H and O–H groups in total. The Hall–Kier alpha value is -3.62. The molecule has 1 heterocycles. The van der Waals surface area contributed by atoms with E-state index >= 15 is 0 Å². The van der Waals surface area contributed by atoms with E-state index in [0.717, 1.165) is 5.56 Å². The summed E-state index contributed by atoms with van der Waals surface area (Å²) in [6, 6.07) is 8.13. The number of methoxy groups -OCH3 is 2. The van der Waals surface area contributed by atoms with Crippen molar-refractivity contribution in [3.8, 4) is 28.7 Å². The summed E-state index contributed by atoms with van der Waals surface area (Å²) in [6.45, 7) is 4.47. The Bertz CT molecular complexity index is 957. The van der Waals surface area contributed by atoms with E-state index in [1.54, 1.807) is 37.3 Å². The fourth-order valence-corrected chi connectivity index (χ4v) is 3.18. The molecule has 2 aromatic carbocycles. The first kappa shape index (κ1) is 23.1. The number of nitrogens with one attached hydrogen (secondary N) is 1. The van der Waals surface area contributed by atoms with Crippen LogP contribution in [0.25, 0.3) is 0 Å². The molecule has 0 fully saturated rings. The molecule has 1 amide bonds. The van der Waals surface area contributed by atoms with Crippen LogP contribution in [-0.4, -0.2) is 52.5 Å². The van der Waals surface area contributed by atoms with Gasteiger partial charge < -0.3 is 33.7 Å². The van der Waals surface area contributed by atoms with Crippen LogP contribution in [0.1, 0.15) is 35.8 Å². The first-order chi connectivity index (χ1) is 15.5. The van der Waals surface area contributed by atoms with Crippen molar-refractivity contribution in [1.82, 2.24) is 5.32 Å². The summed E-state index contributed by atoms with van der Waals surface area (Å²) < 4.78 is 32.2. The maximum atomic E-state index is 12.9. The number of fused-ring (bicyclic) bond motifs is 1. The van der Waals surface area contributed by atoms with Gasteiger partial charge in [0.2, 0.25) is 5.75 Å². The number of hydrogen-bond donors (Lipinski definition) is 1. The van der Waals surface area contributed by atoms with Gasteiger partial charge in [-0.15, -0.1) is 0 Å². The standard InChI is InChI=1S/C23H27NO8/c1-5-29-21(25)13-32-17-7-6-15(10-18(17)27-3)14(2)24-23(26)16-11-19(28-4)22-20(12-16)30-8-9-31-22/h6-7,10-12,14H,5,8-9,13H2,1-4H3,(H,24,26)/t14-/m1/s1. The Morgan fingerprint density at radius 1 is 1.03 bits per heavy atom. The molecule has 172 valence electrons. The predicted molar refractivity (Wildman–Crippen MR) is 115 cm³/mol. The molecule has 9 heteroatoms. The van der Waals surface area contributed by atoms with Crippen molar-refractivity contribution in [1.29, 1.82) is 0 Å². The summed E-state index contributed by atoms with van der Waals surface area (Å²) in [5, 5.41) is 2.95. The molecule has 0 unspecified atom stereocenters. The number of hydrogen-bond acceptors (Lipinski definition) is 8. The maximum Gasteiger partial charge on any atom is 0.344 e. The molecule has 0 radical (unpaired) electrons. The molecule has 1 atom stereocenters. The third kappa shape index (κ3) is 5.35. The fraction of sp³-hybridized carbons (Fsp3) is 0.391. The van der Waals surface area contributed by atoms with Crippen LogP contribution in [0.3, 0.4) is 0 Å². The molecule has 3 rings (SSSR count). The highest BCUT2D eigenvalue weighted by Gasteiger charge is 2.22. The molecule has 32 heavy (non-hydrogen) atoms. The van der Waals surface area contributed by atoms with E-state index in [9.17, 15) is 9.59 Å². The van der Waals surface area contributed by atoms with Gasteiger partial charge in [-0.3, -0.25) is 4.79 Å². The molecule has 0 bridgehead atoms. The van der Waals surface area contributed by atoms with Crippen LogP contribution in [0.5, 0.6) is 28.7 Å². The molecule has 0 saturated carbocycles. The van der Waals surface area contributed by atoms with Gasteiger partial charge in [0.15, 0.2) is 29.6 Å². The second-order valence-electron chi connectivity index (χ2n) is 6.90. The monoisotopic (exact) mass is 445 g/mol. The Balaban J connectivity index is 1.72. The molecule has 0 aromatic heterocycles. The number of carbonyl (C=O) groups is 2. The van der Waals surface area contributed by atoms with Gasteiger partial charge in [0.05, 0.1) is 26.9 Å². The highest BCUT2D eigenvalue weighted by Crippen LogP contribution is 2.40. The van der Waals surface area contributed by atoms with E-state index < -0.39 is 5.97 Å².